The van der Waals surface area contributed by atoms with Gasteiger partial charge in [0.25, 0.3) is 0 Å². The molecule has 0 heterocycles. The van der Waals surface area contributed by atoms with Gasteiger partial charge in [-0.3, -0.25) is 0 Å². The normalized spacial score (nSPS) is 10.4. The van der Waals surface area contributed by atoms with Crippen molar-refractivity contribution in [3.63, 3.8) is 0 Å². The number of unbranched alkanes of at least 4 members (excludes halogenated alkanes) is 8. The van der Waals surface area contributed by atoms with E-state index in [0.29, 0.717) is 12.0 Å². The Hall–Kier alpha value is -1.77. The van der Waals surface area contributed by atoms with Gasteiger partial charge in [-0.25, -0.2) is 4.79 Å². The summed E-state index contributed by atoms with van der Waals surface area (Å²) in [5.41, 5.74) is 0.336. The van der Waals surface area contributed by atoms with Crippen molar-refractivity contribution in [3.05, 3.63) is 42.5 Å². The van der Waals surface area contributed by atoms with Crippen LogP contribution in [0.15, 0.2) is 42.5 Å². The first-order valence-corrected chi connectivity index (χ1v) is 8.79. The van der Waals surface area contributed by atoms with Gasteiger partial charge in [0.1, 0.15) is 5.75 Å². The predicted octanol–water partition coefficient (Wildman–Crippen LogP) is 5.61. The molecule has 23 heavy (non-hydrogen) atoms. The summed E-state index contributed by atoms with van der Waals surface area (Å²) >= 11 is 0. The minimum absolute atomic E-state index is 0.336. The Kier molecular flexibility index (Phi) is 10.7. The number of para-hydroxylation sites is 1. The van der Waals surface area contributed by atoms with E-state index in [-0.39, 0.29) is 0 Å². The molecule has 0 unspecified atom stereocenters. The lowest BCUT2D eigenvalue weighted by molar-refractivity contribution is -0.132. The molecule has 0 atom stereocenters. The maximum atomic E-state index is 10.6. The van der Waals surface area contributed by atoms with Gasteiger partial charge in [-0.05, 0) is 31.4 Å². The van der Waals surface area contributed by atoms with Crippen LogP contribution >= 0.6 is 0 Å². The second-order valence-corrected chi connectivity index (χ2v) is 6.00. The van der Waals surface area contributed by atoms with Crippen molar-refractivity contribution in [3.8, 4) is 5.75 Å². The van der Waals surface area contributed by atoms with Gasteiger partial charge < -0.3 is 9.84 Å². The third-order valence-corrected chi connectivity index (χ3v) is 3.94. The summed E-state index contributed by atoms with van der Waals surface area (Å²) in [5.74, 6) is 0.0966. The SMILES string of the molecule is C=C(CCCCCCCCCCCOc1ccccc1)C(=O)O. The minimum atomic E-state index is -0.860. The van der Waals surface area contributed by atoms with E-state index in [9.17, 15) is 4.79 Å². The van der Waals surface area contributed by atoms with E-state index in [0.717, 1.165) is 31.6 Å². The molecule has 0 aliphatic heterocycles. The summed E-state index contributed by atoms with van der Waals surface area (Å²) in [6, 6.07) is 9.96. The number of carbonyl (C=O) groups is 1. The summed E-state index contributed by atoms with van der Waals surface area (Å²) in [6.45, 7) is 4.35. The largest absolute Gasteiger partial charge is 0.494 e. The molecule has 3 heteroatoms. The van der Waals surface area contributed by atoms with E-state index in [1.54, 1.807) is 0 Å². The quantitative estimate of drug-likeness (QED) is 0.358. The number of rotatable bonds is 14. The molecule has 0 bridgehead atoms. The Morgan fingerprint density at radius 1 is 0.870 bits per heavy atom. The van der Waals surface area contributed by atoms with Gasteiger partial charge in [0.05, 0.1) is 6.61 Å². The molecule has 0 amide bonds. The molecule has 1 aromatic rings. The van der Waals surface area contributed by atoms with Crippen molar-refractivity contribution in [1.82, 2.24) is 0 Å². The third kappa shape index (κ3) is 10.6. The van der Waals surface area contributed by atoms with Crippen LogP contribution in [-0.4, -0.2) is 17.7 Å². The number of hydrogen-bond acceptors (Lipinski definition) is 2. The lowest BCUT2D eigenvalue weighted by atomic mass is 10.0. The number of hydrogen-bond donors (Lipinski definition) is 1. The molecule has 0 aromatic heterocycles. The zero-order valence-corrected chi connectivity index (χ0v) is 14.1. The molecular weight excluding hydrogens is 288 g/mol. The smallest absolute Gasteiger partial charge is 0.330 e. The molecular formula is C20H30O3. The molecule has 0 aliphatic rings. The highest BCUT2D eigenvalue weighted by Crippen LogP contribution is 2.13. The first kappa shape index (κ1) is 19.3. The molecule has 0 saturated heterocycles. The van der Waals surface area contributed by atoms with Gasteiger partial charge in [0, 0.05) is 5.57 Å². The Labute approximate surface area is 140 Å². The van der Waals surface area contributed by atoms with Crippen LogP contribution in [0.3, 0.4) is 0 Å². The maximum Gasteiger partial charge on any atom is 0.330 e. The molecule has 1 N–H and O–H groups in total. The molecule has 1 aromatic carbocycles. The van der Waals surface area contributed by atoms with Crippen LogP contribution in [0.2, 0.25) is 0 Å². The van der Waals surface area contributed by atoms with Crippen molar-refractivity contribution < 1.29 is 14.6 Å². The average Bonchev–Trinajstić information content (AvgIpc) is 2.56. The van der Waals surface area contributed by atoms with E-state index >= 15 is 0 Å². The van der Waals surface area contributed by atoms with Crippen molar-refractivity contribution in [2.75, 3.05) is 6.61 Å². The van der Waals surface area contributed by atoms with Crippen LogP contribution in [0.4, 0.5) is 0 Å². The Morgan fingerprint density at radius 3 is 1.96 bits per heavy atom. The molecule has 0 radical (unpaired) electrons. The van der Waals surface area contributed by atoms with E-state index in [4.69, 9.17) is 9.84 Å². The lowest BCUT2D eigenvalue weighted by Gasteiger charge is -2.06. The molecule has 0 fully saturated rings. The highest BCUT2D eigenvalue weighted by molar-refractivity contribution is 5.85. The highest BCUT2D eigenvalue weighted by Gasteiger charge is 2.02. The average molecular weight is 318 g/mol. The fourth-order valence-corrected chi connectivity index (χ4v) is 2.49. The van der Waals surface area contributed by atoms with E-state index in [1.807, 2.05) is 30.3 Å². The summed E-state index contributed by atoms with van der Waals surface area (Å²) in [5, 5.41) is 8.70. The van der Waals surface area contributed by atoms with Crippen LogP contribution < -0.4 is 4.74 Å². The van der Waals surface area contributed by atoms with Gasteiger partial charge in [-0.15, -0.1) is 0 Å². The van der Waals surface area contributed by atoms with E-state index < -0.39 is 5.97 Å². The number of carboxylic acids is 1. The Morgan fingerprint density at radius 2 is 1.39 bits per heavy atom. The molecule has 0 aliphatic carbocycles. The fourth-order valence-electron chi connectivity index (χ4n) is 2.49. The monoisotopic (exact) mass is 318 g/mol. The van der Waals surface area contributed by atoms with Crippen LogP contribution in [0.1, 0.15) is 64.2 Å². The van der Waals surface area contributed by atoms with Crippen LogP contribution in [-0.2, 0) is 4.79 Å². The Bertz CT molecular complexity index is 439. The molecule has 128 valence electrons. The highest BCUT2D eigenvalue weighted by atomic mass is 16.5. The second-order valence-electron chi connectivity index (χ2n) is 6.00. The topological polar surface area (TPSA) is 46.5 Å². The van der Waals surface area contributed by atoms with Crippen LogP contribution in [0, 0.1) is 0 Å². The first-order chi connectivity index (χ1) is 11.2. The van der Waals surface area contributed by atoms with Gasteiger partial charge in [0.2, 0.25) is 0 Å². The van der Waals surface area contributed by atoms with Gasteiger partial charge in [-0.1, -0.05) is 69.7 Å². The zero-order chi connectivity index (χ0) is 16.8. The summed E-state index contributed by atoms with van der Waals surface area (Å²) in [4.78, 5) is 10.6. The molecule has 1 rings (SSSR count). The van der Waals surface area contributed by atoms with Crippen molar-refractivity contribution in [2.24, 2.45) is 0 Å². The summed E-state index contributed by atoms with van der Waals surface area (Å²) in [6.07, 6.45) is 11.3. The third-order valence-electron chi connectivity index (χ3n) is 3.94. The second kappa shape index (κ2) is 12.7. The van der Waals surface area contributed by atoms with Crippen molar-refractivity contribution in [1.29, 1.82) is 0 Å². The number of ether oxygens (including phenoxy) is 1. The lowest BCUT2D eigenvalue weighted by Crippen LogP contribution is -1.98. The van der Waals surface area contributed by atoms with Gasteiger partial charge >= 0.3 is 5.97 Å². The minimum Gasteiger partial charge on any atom is -0.494 e. The fraction of sp³-hybridized carbons (Fsp3) is 0.550. The predicted molar refractivity (Wildman–Crippen MR) is 94.9 cm³/mol. The zero-order valence-electron chi connectivity index (χ0n) is 14.1. The Balaban J connectivity index is 1.80. The van der Waals surface area contributed by atoms with Gasteiger partial charge in [-0.2, -0.15) is 0 Å². The molecule has 0 saturated carbocycles. The number of benzene rings is 1. The van der Waals surface area contributed by atoms with Crippen molar-refractivity contribution >= 4 is 5.97 Å². The number of carboxylic acid groups (broad SMARTS) is 1. The van der Waals surface area contributed by atoms with Gasteiger partial charge in [0.15, 0.2) is 0 Å². The summed E-state index contributed by atoms with van der Waals surface area (Å²) < 4.78 is 5.67. The maximum absolute atomic E-state index is 10.6. The standard InChI is InChI=1S/C20H30O3/c1-18(20(21)22)14-10-7-5-3-2-4-6-8-13-17-23-19-15-11-9-12-16-19/h9,11-12,15-16H,1-8,10,13-14,17H2,(H,21,22). The van der Waals surface area contributed by atoms with Crippen LogP contribution in [0.5, 0.6) is 5.75 Å². The number of aliphatic carboxylic acids is 1. The summed E-state index contributed by atoms with van der Waals surface area (Å²) in [7, 11) is 0. The van der Waals surface area contributed by atoms with E-state index in [2.05, 4.69) is 6.58 Å². The van der Waals surface area contributed by atoms with Crippen molar-refractivity contribution in [2.45, 2.75) is 64.2 Å². The van der Waals surface area contributed by atoms with Crippen LogP contribution in [0.25, 0.3) is 0 Å². The van der Waals surface area contributed by atoms with E-state index in [1.165, 1.54) is 38.5 Å². The molecule has 0 spiro atoms. The first-order valence-electron chi connectivity index (χ1n) is 8.79. The molecule has 3 nitrogen and oxygen atoms in total.